The van der Waals surface area contributed by atoms with Crippen LogP contribution in [0.4, 0.5) is 0 Å². The van der Waals surface area contributed by atoms with Crippen LogP contribution >= 0.6 is 0 Å². The second-order valence-electron chi connectivity index (χ2n) is 8.07. The molecule has 1 aromatic heterocycles. The van der Waals surface area contributed by atoms with Crippen LogP contribution in [0.15, 0.2) is 30.3 Å². The van der Waals surface area contributed by atoms with Gasteiger partial charge in [-0.25, -0.2) is 0 Å². The van der Waals surface area contributed by atoms with E-state index in [0.717, 1.165) is 44.4 Å². The monoisotopic (exact) mass is 353 g/mol. The van der Waals surface area contributed by atoms with Gasteiger partial charge in [0.15, 0.2) is 0 Å². The SMILES string of the molecule is CC(C)c1ccc2cc(CN3CCC(N4CCOCC4)CC3)ccc2n1. The highest BCUT2D eigenvalue weighted by atomic mass is 16.5. The van der Waals surface area contributed by atoms with Crippen LogP contribution in [0.1, 0.15) is 43.9 Å². The lowest BCUT2D eigenvalue weighted by Gasteiger charge is -2.40. The fourth-order valence-electron chi connectivity index (χ4n) is 4.25. The number of benzene rings is 1. The highest BCUT2D eigenvalue weighted by molar-refractivity contribution is 5.79. The van der Waals surface area contributed by atoms with Gasteiger partial charge in [-0.1, -0.05) is 26.0 Å². The number of likely N-dealkylation sites (tertiary alicyclic amines) is 1. The Morgan fingerprint density at radius 2 is 1.81 bits per heavy atom. The molecule has 4 nitrogen and oxygen atoms in total. The molecule has 2 aliphatic rings. The molecule has 4 heteroatoms. The van der Waals surface area contributed by atoms with Gasteiger partial charge in [0.1, 0.15) is 0 Å². The van der Waals surface area contributed by atoms with Gasteiger partial charge in [-0.3, -0.25) is 14.8 Å². The molecule has 0 N–H and O–H groups in total. The Morgan fingerprint density at radius 3 is 2.54 bits per heavy atom. The maximum Gasteiger partial charge on any atom is 0.0705 e. The topological polar surface area (TPSA) is 28.6 Å². The number of piperidine rings is 1. The Kier molecular flexibility index (Phi) is 5.53. The molecule has 0 radical (unpaired) electrons. The van der Waals surface area contributed by atoms with Crippen LogP contribution in [0.3, 0.4) is 0 Å². The summed E-state index contributed by atoms with van der Waals surface area (Å²) >= 11 is 0. The van der Waals surface area contributed by atoms with Crippen LogP contribution in [0.25, 0.3) is 10.9 Å². The smallest absolute Gasteiger partial charge is 0.0705 e. The van der Waals surface area contributed by atoms with E-state index >= 15 is 0 Å². The molecule has 4 rings (SSSR count). The Morgan fingerprint density at radius 1 is 1.04 bits per heavy atom. The van der Waals surface area contributed by atoms with Crippen molar-refractivity contribution in [2.24, 2.45) is 0 Å². The van der Waals surface area contributed by atoms with E-state index in [1.807, 2.05) is 0 Å². The van der Waals surface area contributed by atoms with Crippen LogP contribution in [0.2, 0.25) is 0 Å². The highest BCUT2D eigenvalue weighted by Crippen LogP contribution is 2.22. The van der Waals surface area contributed by atoms with E-state index in [0.29, 0.717) is 5.92 Å². The number of ether oxygens (including phenoxy) is 1. The molecule has 0 spiro atoms. The van der Waals surface area contributed by atoms with Crippen molar-refractivity contribution >= 4 is 10.9 Å². The first-order valence-electron chi connectivity index (χ1n) is 10.1. The number of morpholine rings is 1. The molecule has 1 aromatic carbocycles. The largest absolute Gasteiger partial charge is 0.379 e. The predicted octanol–water partition coefficient (Wildman–Crippen LogP) is 3.65. The van der Waals surface area contributed by atoms with E-state index in [1.165, 1.54) is 42.6 Å². The summed E-state index contributed by atoms with van der Waals surface area (Å²) in [6, 6.07) is 11.9. The standard InChI is InChI=1S/C22H31N3O/c1-17(2)21-6-4-19-15-18(3-5-22(19)23-21)16-24-9-7-20(8-10-24)25-11-13-26-14-12-25/h3-6,15,17,20H,7-14,16H2,1-2H3. The summed E-state index contributed by atoms with van der Waals surface area (Å²) in [5, 5.41) is 1.26. The van der Waals surface area contributed by atoms with Crippen molar-refractivity contribution in [1.29, 1.82) is 0 Å². The van der Waals surface area contributed by atoms with Crippen LogP contribution in [0, 0.1) is 0 Å². The summed E-state index contributed by atoms with van der Waals surface area (Å²) in [7, 11) is 0. The average Bonchev–Trinajstić information content (AvgIpc) is 2.69. The van der Waals surface area contributed by atoms with Crippen molar-refractivity contribution in [2.45, 2.75) is 45.2 Å². The zero-order chi connectivity index (χ0) is 17.9. The van der Waals surface area contributed by atoms with Crippen molar-refractivity contribution in [1.82, 2.24) is 14.8 Å². The van der Waals surface area contributed by atoms with Crippen LogP contribution in [0.5, 0.6) is 0 Å². The number of nitrogens with zero attached hydrogens (tertiary/aromatic N) is 3. The third-order valence-electron chi connectivity index (χ3n) is 5.89. The van der Waals surface area contributed by atoms with Crippen molar-refractivity contribution in [2.75, 3.05) is 39.4 Å². The van der Waals surface area contributed by atoms with Crippen molar-refractivity contribution in [3.8, 4) is 0 Å². The molecule has 140 valence electrons. The lowest BCUT2D eigenvalue weighted by Crippen LogP contribution is -2.48. The molecule has 0 bridgehead atoms. The minimum atomic E-state index is 0.479. The maximum absolute atomic E-state index is 5.49. The van der Waals surface area contributed by atoms with Gasteiger partial charge in [0.2, 0.25) is 0 Å². The van der Waals surface area contributed by atoms with Gasteiger partial charge in [0.25, 0.3) is 0 Å². The zero-order valence-corrected chi connectivity index (χ0v) is 16.2. The van der Waals surface area contributed by atoms with Crippen molar-refractivity contribution < 1.29 is 4.74 Å². The molecule has 0 amide bonds. The first-order chi connectivity index (χ1) is 12.7. The number of aromatic nitrogens is 1. The van der Waals surface area contributed by atoms with Gasteiger partial charge in [0.05, 0.1) is 18.7 Å². The number of rotatable bonds is 4. The minimum Gasteiger partial charge on any atom is -0.379 e. The van der Waals surface area contributed by atoms with Gasteiger partial charge in [-0.2, -0.15) is 0 Å². The fourth-order valence-corrected chi connectivity index (χ4v) is 4.25. The molecule has 26 heavy (non-hydrogen) atoms. The Labute approximate surface area is 157 Å². The number of hydrogen-bond donors (Lipinski definition) is 0. The second kappa shape index (κ2) is 8.03. The maximum atomic E-state index is 5.49. The summed E-state index contributed by atoms with van der Waals surface area (Å²) in [4.78, 5) is 10.0. The first-order valence-corrected chi connectivity index (χ1v) is 10.1. The summed E-state index contributed by atoms with van der Waals surface area (Å²) in [5.74, 6) is 0.479. The summed E-state index contributed by atoms with van der Waals surface area (Å²) in [6.45, 7) is 11.9. The normalized spacial score (nSPS) is 20.9. The number of hydrogen-bond acceptors (Lipinski definition) is 4. The summed E-state index contributed by atoms with van der Waals surface area (Å²) < 4.78 is 5.49. The van der Waals surface area contributed by atoms with Gasteiger partial charge in [-0.15, -0.1) is 0 Å². The molecule has 2 aromatic rings. The average molecular weight is 354 g/mol. The highest BCUT2D eigenvalue weighted by Gasteiger charge is 2.25. The molecule has 0 atom stereocenters. The van der Waals surface area contributed by atoms with Crippen LogP contribution < -0.4 is 0 Å². The third-order valence-corrected chi connectivity index (χ3v) is 5.89. The van der Waals surface area contributed by atoms with Gasteiger partial charge in [-0.05, 0) is 55.6 Å². The van der Waals surface area contributed by atoms with E-state index in [1.54, 1.807) is 0 Å². The molecule has 3 heterocycles. The van der Waals surface area contributed by atoms with Crippen LogP contribution in [-0.4, -0.2) is 60.2 Å². The van der Waals surface area contributed by atoms with Gasteiger partial charge < -0.3 is 4.74 Å². The summed E-state index contributed by atoms with van der Waals surface area (Å²) in [5.41, 5.74) is 3.70. The molecule has 2 fully saturated rings. The quantitative estimate of drug-likeness (QED) is 0.839. The Balaban J connectivity index is 1.36. The lowest BCUT2D eigenvalue weighted by molar-refractivity contribution is 0.000233. The molecular weight excluding hydrogens is 322 g/mol. The predicted molar refractivity (Wildman–Crippen MR) is 107 cm³/mol. The van der Waals surface area contributed by atoms with Crippen molar-refractivity contribution in [3.05, 3.63) is 41.6 Å². The Hall–Kier alpha value is -1.49. The van der Waals surface area contributed by atoms with E-state index in [9.17, 15) is 0 Å². The van der Waals surface area contributed by atoms with E-state index in [2.05, 4.69) is 54.0 Å². The Bertz CT molecular complexity index is 731. The van der Waals surface area contributed by atoms with Gasteiger partial charge >= 0.3 is 0 Å². The second-order valence-corrected chi connectivity index (χ2v) is 8.07. The molecular formula is C22H31N3O. The zero-order valence-electron chi connectivity index (χ0n) is 16.2. The fraction of sp³-hybridized carbons (Fsp3) is 0.591. The molecule has 0 aliphatic carbocycles. The van der Waals surface area contributed by atoms with Crippen molar-refractivity contribution in [3.63, 3.8) is 0 Å². The molecule has 2 aliphatic heterocycles. The van der Waals surface area contributed by atoms with E-state index in [4.69, 9.17) is 9.72 Å². The van der Waals surface area contributed by atoms with E-state index in [-0.39, 0.29) is 0 Å². The minimum absolute atomic E-state index is 0.479. The molecule has 0 saturated carbocycles. The third kappa shape index (κ3) is 4.08. The van der Waals surface area contributed by atoms with E-state index < -0.39 is 0 Å². The van der Waals surface area contributed by atoms with Gasteiger partial charge in [0, 0.05) is 36.8 Å². The lowest BCUT2D eigenvalue weighted by atomic mass is 10.0. The summed E-state index contributed by atoms with van der Waals surface area (Å²) in [6.07, 6.45) is 2.57. The first kappa shape index (κ1) is 17.9. The number of pyridine rings is 1. The van der Waals surface area contributed by atoms with Crippen LogP contribution in [-0.2, 0) is 11.3 Å². The number of fused-ring (bicyclic) bond motifs is 1. The molecule has 0 unspecified atom stereocenters. The molecule has 2 saturated heterocycles.